The van der Waals surface area contributed by atoms with Crippen LogP contribution in [0.2, 0.25) is 0 Å². The number of pyridine rings is 1. The largest absolute Gasteiger partial charge is 0.477 e. The molecule has 0 N–H and O–H groups in total. The summed E-state index contributed by atoms with van der Waals surface area (Å²) in [6.07, 6.45) is -2.66. The summed E-state index contributed by atoms with van der Waals surface area (Å²) in [6, 6.07) is 2.20. The fourth-order valence-electron chi connectivity index (χ4n) is 1.53. The Labute approximate surface area is 112 Å². The van der Waals surface area contributed by atoms with E-state index in [1.54, 1.807) is 5.51 Å². The predicted octanol–water partition coefficient (Wildman–Crippen LogP) is 3.49. The number of aromatic nitrogens is 2. The van der Waals surface area contributed by atoms with Gasteiger partial charge in [-0.15, -0.1) is 11.3 Å². The maximum atomic E-state index is 12.7. The first-order valence-corrected chi connectivity index (χ1v) is 6.40. The van der Waals surface area contributed by atoms with Gasteiger partial charge in [0.15, 0.2) is 0 Å². The zero-order valence-corrected chi connectivity index (χ0v) is 10.9. The van der Waals surface area contributed by atoms with Crippen LogP contribution >= 0.6 is 11.3 Å². The van der Waals surface area contributed by atoms with Crippen molar-refractivity contribution in [1.29, 1.82) is 0 Å². The number of rotatable bonds is 4. The first kappa shape index (κ1) is 13.8. The smallest absolute Gasteiger partial charge is 0.421 e. The molecule has 0 saturated carbocycles. The van der Waals surface area contributed by atoms with Gasteiger partial charge in [-0.05, 0) is 19.1 Å². The lowest BCUT2D eigenvalue weighted by Gasteiger charge is -2.12. The maximum Gasteiger partial charge on any atom is 0.421 e. The summed E-state index contributed by atoms with van der Waals surface area (Å²) in [5, 5.41) is 0. The third-order valence-corrected chi connectivity index (χ3v) is 3.48. The quantitative estimate of drug-likeness (QED) is 0.864. The molecule has 0 fully saturated rings. The molecule has 0 aliphatic rings. The van der Waals surface area contributed by atoms with E-state index in [-0.39, 0.29) is 12.5 Å². The van der Waals surface area contributed by atoms with Gasteiger partial charge in [-0.1, -0.05) is 0 Å². The predicted molar refractivity (Wildman–Crippen MR) is 65.3 cm³/mol. The van der Waals surface area contributed by atoms with Crippen molar-refractivity contribution in [2.24, 2.45) is 0 Å². The normalized spacial score (nSPS) is 11.6. The van der Waals surface area contributed by atoms with Crippen molar-refractivity contribution in [2.45, 2.75) is 19.5 Å². The second kappa shape index (κ2) is 5.56. The Morgan fingerprint density at radius 1 is 1.32 bits per heavy atom. The monoisotopic (exact) mass is 288 g/mol. The maximum absolute atomic E-state index is 12.7. The van der Waals surface area contributed by atoms with Crippen molar-refractivity contribution in [3.05, 3.63) is 40.0 Å². The Kier molecular flexibility index (Phi) is 4.04. The van der Waals surface area contributed by atoms with Crippen molar-refractivity contribution >= 4 is 11.3 Å². The molecule has 0 spiro atoms. The summed E-state index contributed by atoms with van der Waals surface area (Å²) in [7, 11) is 0. The van der Waals surface area contributed by atoms with Gasteiger partial charge in [0, 0.05) is 17.5 Å². The zero-order valence-electron chi connectivity index (χ0n) is 10.1. The molecule has 2 rings (SSSR count). The molecule has 0 bridgehead atoms. The summed E-state index contributed by atoms with van der Waals surface area (Å²) in [4.78, 5) is 8.70. The molecule has 7 heteroatoms. The van der Waals surface area contributed by atoms with Gasteiger partial charge >= 0.3 is 6.18 Å². The topological polar surface area (TPSA) is 35.0 Å². The number of halogens is 3. The highest BCUT2D eigenvalue weighted by Crippen LogP contribution is 2.34. The molecular formula is C12H11F3N2OS. The van der Waals surface area contributed by atoms with Gasteiger partial charge in [0.25, 0.3) is 0 Å². The SMILES string of the molecule is Cc1ncsc1CCOc1ncccc1C(F)(F)F. The number of alkyl halides is 3. The van der Waals surface area contributed by atoms with Crippen LogP contribution in [-0.4, -0.2) is 16.6 Å². The minimum atomic E-state index is -4.45. The second-order valence-corrected chi connectivity index (χ2v) is 4.75. The van der Waals surface area contributed by atoms with Crippen molar-refractivity contribution in [1.82, 2.24) is 9.97 Å². The molecule has 102 valence electrons. The van der Waals surface area contributed by atoms with Crippen LogP contribution in [0.3, 0.4) is 0 Å². The molecule has 0 atom stereocenters. The van der Waals surface area contributed by atoms with E-state index in [4.69, 9.17) is 4.74 Å². The molecule has 2 heterocycles. The number of hydrogen-bond acceptors (Lipinski definition) is 4. The number of aryl methyl sites for hydroxylation is 1. The summed E-state index contributed by atoms with van der Waals surface area (Å²) in [5.74, 6) is -0.378. The molecule has 19 heavy (non-hydrogen) atoms. The lowest BCUT2D eigenvalue weighted by Crippen LogP contribution is -2.11. The fraction of sp³-hybridized carbons (Fsp3) is 0.333. The minimum Gasteiger partial charge on any atom is -0.477 e. The lowest BCUT2D eigenvalue weighted by molar-refractivity contribution is -0.139. The highest BCUT2D eigenvalue weighted by molar-refractivity contribution is 7.09. The van der Waals surface area contributed by atoms with Crippen molar-refractivity contribution in [3.63, 3.8) is 0 Å². The lowest BCUT2D eigenvalue weighted by atomic mass is 10.2. The Hall–Kier alpha value is -1.63. The van der Waals surface area contributed by atoms with E-state index in [2.05, 4.69) is 9.97 Å². The molecule has 0 aliphatic heterocycles. The third-order valence-electron chi connectivity index (χ3n) is 2.49. The molecule has 2 aromatic heterocycles. The van der Waals surface area contributed by atoms with E-state index in [0.29, 0.717) is 6.42 Å². The summed E-state index contributed by atoms with van der Waals surface area (Å²) < 4.78 is 43.2. The van der Waals surface area contributed by atoms with E-state index in [1.165, 1.54) is 23.6 Å². The van der Waals surface area contributed by atoms with Crippen LogP contribution in [-0.2, 0) is 12.6 Å². The third kappa shape index (κ3) is 3.44. The highest BCUT2D eigenvalue weighted by atomic mass is 32.1. The van der Waals surface area contributed by atoms with Gasteiger partial charge in [0.05, 0.1) is 17.8 Å². The molecule has 0 amide bonds. The van der Waals surface area contributed by atoms with E-state index >= 15 is 0 Å². The van der Waals surface area contributed by atoms with Gasteiger partial charge in [0.2, 0.25) is 5.88 Å². The second-order valence-electron chi connectivity index (χ2n) is 3.81. The molecule has 0 saturated heterocycles. The van der Waals surface area contributed by atoms with Crippen molar-refractivity contribution in [2.75, 3.05) is 6.61 Å². The Morgan fingerprint density at radius 2 is 2.11 bits per heavy atom. The van der Waals surface area contributed by atoms with Crippen LogP contribution in [0, 0.1) is 6.92 Å². The summed E-state index contributed by atoms with van der Waals surface area (Å²) in [6.45, 7) is 2.00. The zero-order chi connectivity index (χ0) is 13.9. The standard InChI is InChI=1S/C12H11F3N2OS/c1-8-10(19-7-17-8)4-6-18-11-9(12(13,14)15)3-2-5-16-11/h2-3,5,7H,4,6H2,1H3. The molecular weight excluding hydrogens is 277 g/mol. The van der Waals surface area contributed by atoms with E-state index < -0.39 is 11.7 Å². The van der Waals surface area contributed by atoms with Crippen LogP contribution in [0.15, 0.2) is 23.8 Å². The van der Waals surface area contributed by atoms with Crippen molar-refractivity contribution in [3.8, 4) is 5.88 Å². The van der Waals surface area contributed by atoms with Gasteiger partial charge in [-0.25, -0.2) is 9.97 Å². The van der Waals surface area contributed by atoms with Crippen LogP contribution in [0.5, 0.6) is 5.88 Å². The molecule has 2 aromatic rings. The van der Waals surface area contributed by atoms with Crippen LogP contribution < -0.4 is 4.74 Å². The number of thiazole rings is 1. The van der Waals surface area contributed by atoms with Crippen molar-refractivity contribution < 1.29 is 17.9 Å². The number of ether oxygens (including phenoxy) is 1. The molecule has 0 aliphatic carbocycles. The summed E-state index contributed by atoms with van der Waals surface area (Å²) in [5.41, 5.74) is 1.73. The molecule has 3 nitrogen and oxygen atoms in total. The van der Waals surface area contributed by atoms with E-state index in [9.17, 15) is 13.2 Å². The fourth-order valence-corrected chi connectivity index (χ4v) is 2.29. The Bertz CT molecular complexity index is 554. The van der Waals surface area contributed by atoms with Crippen LogP contribution in [0.25, 0.3) is 0 Å². The van der Waals surface area contributed by atoms with E-state index in [0.717, 1.165) is 16.6 Å². The van der Waals surface area contributed by atoms with Gasteiger partial charge < -0.3 is 4.74 Å². The molecule has 0 aromatic carbocycles. The van der Waals surface area contributed by atoms with Crippen LogP contribution in [0.1, 0.15) is 16.1 Å². The first-order valence-electron chi connectivity index (χ1n) is 5.52. The highest BCUT2D eigenvalue weighted by Gasteiger charge is 2.34. The summed E-state index contributed by atoms with van der Waals surface area (Å²) >= 11 is 1.46. The Morgan fingerprint density at radius 3 is 2.74 bits per heavy atom. The van der Waals surface area contributed by atoms with Gasteiger partial charge in [-0.3, -0.25) is 0 Å². The van der Waals surface area contributed by atoms with Gasteiger partial charge in [-0.2, -0.15) is 13.2 Å². The van der Waals surface area contributed by atoms with E-state index in [1.807, 2.05) is 6.92 Å². The number of nitrogens with zero attached hydrogens (tertiary/aromatic N) is 2. The number of hydrogen-bond donors (Lipinski definition) is 0. The molecule has 0 radical (unpaired) electrons. The minimum absolute atomic E-state index is 0.142. The van der Waals surface area contributed by atoms with Gasteiger partial charge in [0.1, 0.15) is 5.56 Å². The van der Waals surface area contributed by atoms with Crippen LogP contribution in [0.4, 0.5) is 13.2 Å². The average Bonchev–Trinajstić information content (AvgIpc) is 2.75. The first-order chi connectivity index (χ1) is 8.98. The Balaban J connectivity index is 2.02. The molecule has 0 unspecified atom stereocenters. The average molecular weight is 288 g/mol.